The number of nitrogens with zero attached hydrogens (tertiary/aromatic N) is 1. The van der Waals surface area contributed by atoms with Gasteiger partial charge in [-0.3, -0.25) is 9.69 Å². The quantitative estimate of drug-likeness (QED) is 0.444. The topological polar surface area (TPSA) is 78.4 Å². The minimum atomic E-state index is -0.443. The fraction of sp³-hybridized carbons (Fsp3) is 0.379. The van der Waals surface area contributed by atoms with E-state index in [1.807, 2.05) is 30.3 Å². The first kappa shape index (κ1) is 22.1. The van der Waals surface area contributed by atoms with Crippen molar-refractivity contribution in [2.75, 3.05) is 26.3 Å². The van der Waals surface area contributed by atoms with Gasteiger partial charge in [0.05, 0.1) is 30.4 Å². The molecule has 6 nitrogen and oxygen atoms in total. The number of aromatic amines is 1. The highest BCUT2D eigenvalue weighted by molar-refractivity contribution is 6.20. The first-order valence-corrected chi connectivity index (χ1v) is 12.3. The normalized spacial score (nSPS) is 20.1. The Morgan fingerprint density at radius 2 is 2.00 bits per heavy atom. The first-order chi connectivity index (χ1) is 16.9. The van der Waals surface area contributed by atoms with Crippen LogP contribution in [-0.2, 0) is 10.2 Å². The minimum absolute atomic E-state index is 0.0257. The van der Waals surface area contributed by atoms with Gasteiger partial charge < -0.3 is 19.9 Å². The van der Waals surface area contributed by atoms with Gasteiger partial charge in [0, 0.05) is 46.9 Å². The van der Waals surface area contributed by atoms with Crippen LogP contribution in [0.15, 0.2) is 30.3 Å². The average molecular weight is 468 g/mol. The Hall–Kier alpha value is -3.40. The maximum absolute atomic E-state index is 13.7. The number of aromatic nitrogens is 1. The largest absolute Gasteiger partial charge is 0.489 e. The van der Waals surface area contributed by atoms with Crippen molar-refractivity contribution in [1.82, 2.24) is 9.88 Å². The van der Waals surface area contributed by atoms with Crippen molar-refractivity contribution in [3.05, 3.63) is 63.8 Å². The number of hydrogen-bond donors (Lipinski definition) is 2. The number of hydrogen-bond acceptors (Lipinski definition) is 5. The maximum Gasteiger partial charge on any atom is 0.195 e. The molecule has 3 aromatic rings. The van der Waals surface area contributed by atoms with E-state index in [-0.39, 0.29) is 11.9 Å². The van der Waals surface area contributed by atoms with Crippen LogP contribution in [0.5, 0.6) is 5.75 Å². The van der Waals surface area contributed by atoms with Crippen molar-refractivity contribution in [3.63, 3.8) is 0 Å². The predicted molar refractivity (Wildman–Crippen MR) is 136 cm³/mol. The number of carbonyl (C=O) groups is 1. The number of terminal acetylenes is 1. The van der Waals surface area contributed by atoms with E-state index in [2.05, 4.69) is 29.7 Å². The van der Waals surface area contributed by atoms with Crippen LogP contribution in [0.2, 0.25) is 0 Å². The van der Waals surface area contributed by atoms with Gasteiger partial charge in [0.1, 0.15) is 11.9 Å². The highest BCUT2D eigenvalue weighted by atomic mass is 16.5. The number of ketones is 1. The zero-order valence-corrected chi connectivity index (χ0v) is 20.1. The summed E-state index contributed by atoms with van der Waals surface area (Å²) in [5, 5.41) is 8.45. The second-order valence-corrected chi connectivity index (χ2v) is 10.4. The van der Waals surface area contributed by atoms with E-state index in [4.69, 9.17) is 21.3 Å². The van der Waals surface area contributed by atoms with Crippen LogP contribution in [0, 0.1) is 17.8 Å². The lowest BCUT2D eigenvalue weighted by atomic mass is 9.71. The van der Waals surface area contributed by atoms with Crippen LogP contribution in [0.3, 0.4) is 0 Å². The number of benzene rings is 2. The summed E-state index contributed by atoms with van der Waals surface area (Å²) < 4.78 is 11.8. The van der Waals surface area contributed by atoms with Gasteiger partial charge >= 0.3 is 0 Å². The summed E-state index contributed by atoms with van der Waals surface area (Å²) in [6.45, 7) is 7.91. The van der Waals surface area contributed by atoms with E-state index < -0.39 is 5.41 Å². The standard InChI is InChI=1S/C29H29N3O3/c1-4-18-12-22-23(13-25(18)35-20-7-9-32(10-8-20)19-15-34-16-19)29(2,3)28-26(27(22)33)21-6-5-17(14-30)11-24(21)31-28/h1,5-6,11-14,19-20,30-31H,7-10,15-16H2,2-3H3. The molecule has 2 aromatic carbocycles. The molecule has 6 rings (SSSR count). The van der Waals surface area contributed by atoms with Gasteiger partial charge in [-0.05, 0) is 42.2 Å². The molecule has 0 unspecified atom stereocenters. The fourth-order valence-electron chi connectivity index (χ4n) is 5.75. The molecule has 2 saturated heterocycles. The third-order valence-electron chi connectivity index (χ3n) is 7.94. The smallest absolute Gasteiger partial charge is 0.195 e. The molecule has 6 heteroatoms. The van der Waals surface area contributed by atoms with Crippen molar-refractivity contribution >= 4 is 22.9 Å². The molecule has 2 N–H and O–H groups in total. The Kier molecular flexibility index (Phi) is 5.10. The molecule has 2 aliphatic heterocycles. The minimum Gasteiger partial charge on any atom is -0.489 e. The molecule has 2 fully saturated rings. The molecule has 1 aromatic heterocycles. The van der Waals surface area contributed by atoms with Crippen LogP contribution in [0.25, 0.3) is 10.9 Å². The van der Waals surface area contributed by atoms with Gasteiger partial charge in [0.2, 0.25) is 0 Å². The van der Waals surface area contributed by atoms with Crippen molar-refractivity contribution < 1.29 is 14.3 Å². The monoisotopic (exact) mass is 467 g/mol. The molecule has 3 aliphatic rings. The molecule has 178 valence electrons. The molecule has 0 bridgehead atoms. The Morgan fingerprint density at radius 1 is 1.23 bits per heavy atom. The Morgan fingerprint density at radius 3 is 2.66 bits per heavy atom. The second-order valence-electron chi connectivity index (χ2n) is 10.4. The van der Waals surface area contributed by atoms with Crippen LogP contribution >= 0.6 is 0 Å². The van der Waals surface area contributed by atoms with E-state index in [0.29, 0.717) is 28.5 Å². The third-order valence-corrected chi connectivity index (χ3v) is 7.94. The summed E-state index contributed by atoms with van der Waals surface area (Å²) in [7, 11) is 0. The van der Waals surface area contributed by atoms with Crippen molar-refractivity contribution in [1.29, 1.82) is 5.41 Å². The third kappa shape index (κ3) is 3.42. The molecule has 0 radical (unpaired) electrons. The van der Waals surface area contributed by atoms with Gasteiger partial charge in [-0.25, -0.2) is 0 Å². The molecule has 1 aliphatic carbocycles. The Bertz CT molecular complexity index is 1400. The van der Waals surface area contributed by atoms with Gasteiger partial charge in [-0.1, -0.05) is 31.9 Å². The lowest BCUT2D eigenvalue weighted by Gasteiger charge is -2.41. The van der Waals surface area contributed by atoms with Crippen LogP contribution in [0.1, 0.15) is 65.0 Å². The predicted octanol–water partition coefficient (Wildman–Crippen LogP) is 4.26. The highest BCUT2D eigenvalue weighted by Gasteiger charge is 2.40. The Labute approximate surface area is 205 Å². The number of H-pyrrole nitrogens is 1. The zero-order valence-electron chi connectivity index (χ0n) is 20.1. The van der Waals surface area contributed by atoms with Gasteiger partial charge in [0.15, 0.2) is 5.78 Å². The van der Waals surface area contributed by atoms with Gasteiger partial charge in [0.25, 0.3) is 0 Å². The molecular weight excluding hydrogens is 438 g/mol. The summed E-state index contributed by atoms with van der Waals surface area (Å²) in [6.07, 6.45) is 9.20. The molecular formula is C29H29N3O3. The van der Waals surface area contributed by atoms with E-state index in [0.717, 1.165) is 66.9 Å². The van der Waals surface area contributed by atoms with Gasteiger partial charge in [-0.2, -0.15) is 0 Å². The lowest BCUT2D eigenvalue weighted by Crippen LogP contribution is -2.52. The fourth-order valence-corrected chi connectivity index (χ4v) is 5.75. The van der Waals surface area contributed by atoms with Crippen molar-refractivity contribution in [2.24, 2.45) is 0 Å². The number of likely N-dealkylation sites (tertiary alicyclic amines) is 1. The SMILES string of the molecule is C#Cc1cc2c(cc1OC1CCN(C3COC3)CC1)C(C)(C)c1[nH]c3cc(C=N)ccc3c1C2=O. The number of piperidine rings is 1. The maximum atomic E-state index is 13.7. The number of nitrogens with one attached hydrogen (secondary N) is 2. The highest BCUT2D eigenvalue weighted by Crippen LogP contribution is 2.45. The molecule has 0 saturated carbocycles. The number of ether oxygens (including phenoxy) is 2. The van der Waals surface area contributed by atoms with E-state index >= 15 is 0 Å². The van der Waals surface area contributed by atoms with Crippen LogP contribution in [0.4, 0.5) is 0 Å². The van der Waals surface area contributed by atoms with E-state index in [9.17, 15) is 4.79 Å². The number of carbonyl (C=O) groups excluding carboxylic acids is 1. The average Bonchev–Trinajstić information content (AvgIpc) is 3.22. The van der Waals surface area contributed by atoms with Crippen molar-refractivity contribution in [3.8, 4) is 18.1 Å². The summed E-state index contributed by atoms with van der Waals surface area (Å²) in [5.41, 5.74) is 4.98. The number of rotatable bonds is 4. The van der Waals surface area contributed by atoms with Crippen LogP contribution < -0.4 is 4.74 Å². The summed E-state index contributed by atoms with van der Waals surface area (Å²) >= 11 is 0. The summed E-state index contributed by atoms with van der Waals surface area (Å²) in [5.74, 6) is 3.42. The van der Waals surface area contributed by atoms with E-state index in [1.165, 1.54) is 6.21 Å². The Balaban J connectivity index is 1.36. The first-order valence-electron chi connectivity index (χ1n) is 12.3. The summed E-state index contributed by atoms with van der Waals surface area (Å²) in [4.78, 5) is 19.7. The number of fused-ring (bicyclic) bond motifs is 4. The van der Waals surface area contributed by atoms with Crippen molar-refractivity contribution in [2.45, 2.75) is 44.2 Å². The van der Waals surface area contributed by atoms with E-state index in [1.54, 1.807) is 0 Å². The van der Waals surface area contributed by atoms with Crippen LogP contribution in [-0.4, -0.2) is 60.3 Å². The summed E-state index contributed by atoms with van der Waals surface area (Å²) in [6, 6.07) is 10.1. The van der Waals surface area contributed by atoms with Gasteiger partial charge in [-0.15, -0.1) is 6.42 Å². The zero-order chi connectivity index (χ0) is 24.3. The lowest BCUT2D eigenvalue weighted by molar-refractivity contribution is -0.0778. The molecule has 0 spiro atoms. The molecule has 3 heterocycles. The second kappa shape index (κ2) is 8.08. The molecule has 35 heavy (non-hydrogen) atoms. The molecule has 0 amide bonds. The molecule has 0 atom stereocenters.